The van der Waals surface area contributed by atoms with Gasteiger partial charge in [0.25, 0.3) is 0 Å². The molecule has 2 rings (SSSR count). The molecule has 19 heavy (non-hydrogen) atoms. The van der Waals surface area contributed by atoms with Gasteiger partial charge >= 0.3 is 0 Å². The van der Waals surface area contributed by atoms with E-state index in [1.807, 2.05) is 31.2 Å². The third-order valence-corrected chi connectivity index (χ3v) is 4.09. The Balaban J connectivity index is 2.29. The van der Waals surface area contributed by atoms with E-state index < -0.39 is 11.6 Å². The van der Waals surface area contributed by atoms with Crippen LogP contribution >= 0.6 is 31.9 Å². The van der Waals surface area contributed by atoms with Crippen molar-refractivity contribution in [1.82, 2.24) is 0 Å². The molecule has 5 heteroatoms. The largest absolute Gasteiger partial charge is 0.375 e. The topological polar surface area (TPSA) is 12.0 Å². The second-order valence-corrected chi connectivity index (χ2v) is 5.84. The van der Waals surface area contributed by atoms with Gasteiger partial charge in [-0.3, -0.25) is 0 Å². The summed E-state index contributed by atoms with van der Waals surface area (Å²) in [6, 6.07) is 9.66. The van der Waals surface area contributed by atoms with Crippen molar-refractivity contribution in [2.75, 3.05) is 5.32 Å². The first-order chi connectivity index (χ1) is 8.99. The molecule has 0 aromatic heterocycles. The van der Waals surface area contributed by atoms with E-state index in [0.29, 0.717) is 4.47 Å². The molecule has 0 heterocycles. The fourth-order valence-corrected chi connectivity index (χ4v) is 2.95. The standard InChI is InChI=1S/C14H11Br2F2N/c1-8(10-4-2-3-5-11(10)15)19-14-12(16)6-9(17)7-13(14)18/h2-8,19H,1H3. The van der Waals surface area contributed by atoms with Crippen LogP contribution in [0, 0.1) is 11.6 Å². The Hall–Kier alpha value is -0.940. The summed E-state index contributed by atoms with van der Waals surface area (Å²) in [5, 5.41) is 3.04. The summed E-state index contributed by atoms with van der Waals surface area (Å²) in [7, 11) is 0. The van der Waals surface area contributed by atoms with Crippen LogP contribution in [-0.4, -0.2) is 0 Å². The summed E-state index contributed by atoms with van der Waals surface area (Å²) in [6.07, 6.45) is 0. The van der Waals surface area contributed by atoms with E-state index >= 15 is 0 Å². The molecule has 0 aliphatic carbocycles. The molecular formula is C14H11Br2F2N. The van der Waals surface area contributed by atoms with Gasteiger partial charge in [-0.1, -0.05) is 34.1 Å². The van der Waals surface area contributed by atoms with E-state index in [4.69, 9.17) is 0 Å². The van der Waals surface area contributed by atoms with Crippen LogP contribution in [0.25, 0.3) is 0 Å². The third kappa shape index (κ3) is 3.34. The van der Waals surface area contributed by atoms with Gasteiger partial charge in [-0.15, -0.1) is 0 Å². The lowest BCUT2D eigenvalue weighted by atomic mass is 10.1. The Morgan fingerprint density at radius 2 is 1.74 bits per heavy atom. The van der Waals surface area contributed by atoms with Gasteiger partial charge in [0.2, 0.25) is 0 Å². The maximum absolute atomic E-state index is 13.7. The fourth-order valence-electron chi connectivity index (χ4n) is 1.80. The van der Waals surface area contributed by atoms with Crippen molar-refractivity contribution >= 4 is 37.5 Å². The SMILES string of the molecule is CC(Nc1c(F)cc(F)cc1Br)c1ccccc1Br. The lowest BCUT2D eigenvalue weighted by Gasteiger charge is -2.18. The predicted octanol–water partition coefficient (Wildman–Crippen LogP) is 5.66. The Bertz CT molecular complexity index is 579. The number of anilines is 1. The number of hydrogen-bond donors (Lipinski definition) is 1. The molecule has 0 saturated heterocycles. The summed E-state index contributed by atoms with van der Waals surface area (Å²) in [6.45, 7) is 1.91. The summed E-state index contributed by atoms with van der Waals surface area (Å²) >= 11 is 6.62. The lowest BCUT2D eigenvalue weighted by molar-refractivity contribution is 0.582. The molecule has 0 aliphatic heterocycles. The van der Waals surface area contributed by atoms with Crippen LogP contribution in [0.15, 0.2) is 45.3 Å². The summed E-state index contributed by atoms with van der Waals surface area (Å²) in [5.74, 6) is -1.23. The Morgan fingerprint density at radius 1 is 1.05 bits per heavy atom. The van der Waals surface area contributed by atoms with Crippen LogP contribution < -0.4 is 5.32 Å². The molecule has 1 unspecified atom stereocenters. The van der Waals surface area contributed by atoms with Crippen molar-refractivity contribution in [3.05, 3.63) is 62.5 Å². The van der Waals surface area contributed by atoms with E-state index in [1.165, 1.54) is 6.07 Å². The Labute approximate surface area is 127 Å². The zero-order valence-corrected chi connectivity index (χ0v) is 13.2. The molecule has 0 amide bonds. The van der Waals surface area contributed by atoms with E-state index in [9.17, 15) is 8.78 Å². The van der Waals surface area contributed by atoms with Gasteiger partial charge in [0, 0.05) is 21.1 Å². The maximum atomic E-state index is 13.7. The number of benzene rings is 2. The third-order valence-electron chi connectivity index (χ3n) is 2.74. The molecule has 1 N–H and O–H groups in total. The van der Waals surface area contributed by atoms with Gasteiger partial charge in [-0.05, 0) is 40.5 Å². The molecule has 2 aromatic rings. The normalized spacial score (nSPS) is 12.3. The molecule has 0 aliphatic rings. The number of rotatable bonds is 3. The Morgan fingerprint density at radius 3 is 2.37 bits per heavy atom. The summed E-state index contributed by atoms with van der Waals surface area (Å²) in [5.41, 5.74) is 1.25. The number of hydrogen-bond acceptors (Lipinski definition) is 1. The zero-order valence-electron chi connectivity index (χ0n) is 10.1. The molecule has 0 saturated carbocycles. The van der Waals surface area contributed by atoms with Crippen LogP contribution in [0.2, 0.25) is 0 Å². The molecule has 0 bridgehead atoms. The molecule has 100 valence electrons. The monoisotopic (exact) mass is 389 g/mol. The predicted molar refractivity (Wildman–Crippen MR) is 80.2 cm³/mol. The van der Waals surface area contributed by atoms with E-state index in [-0.39, 0.29) is 11.7 Å². The smallest absolute Gasteiger partial charge is 0.150 e. The van der Waals surface area contributed by atoms with Crippen LogP contribution in [0.3, 0.4) is 0 Å². The minimum Gasteiger partial charge on any atom is -0.375 e. The Kier molecular flexibility index (Phi) is 4.58. The van der Waals surface area contributed by atoms with Gasteiger partial charge in [0.1, 0.15) is 11.6 Å². The van der Waals surface area contributed by atoms with Crippen LogP contribution in [-0.2, 0) is 0 Å². The van der Waals surface area contributed by atoms with Gasteiger partial charge in [-0.25, -0.2) is 8.78 Å². The van der Waals surface area contributed by atoms with E-state index in [1.54, 1.807) is 0 Å². The summed E-state index contributed by atoms with van der Waals surface area (Å²) in [4.78, 5) is 0. The van der Waals surface area contributed by atoms with Crippen molar-refractivity contribution in [2.24, 2.45) is 0 Å². The highest BCUT2D eigenvalue weighted by molar-refractivity contribution is 9.11. The van der Waals surface area contributed by atoms with Crippen molar-refractivity contribution in [3.63, 3.8) is 0 Å². The molecule has 0 radical (unpaired) electrons. The molecule has 0 fully saturated rings. The number of halogens is 4. The van der Waals surface area contributed by atoms with Crippen molar-refractivity contribution < 1.29 is 8.78 Å². The second kappa shape index (κ2) is 6.01. The van der Waals surface area contributed by atoms with Crippen LogP contribution in [0.4, 0.5) is 14.5 Å². The van der Waals surface area contributed by atoms with Crippen LogP contribution in [0.5, 0.6) is 0 Å². The number of nitrogens with one attached hydrogen (secondary N) is 1. The zero-order chi connectivity index (χ0) is 14.0. The van der Waals surface area contributed by atoms with Gasteiger partial charge in [0.15, 0.2) is 0 Å². The molecular weight excluding hydrogens is 380 g/mol. The van der Waals surface area contributed by atoms with E-state index in [0.717, 1.165) is 16.1 Å². The van der Waals surface area contributed by atoms with Gasteiger partial charge in [-0.2, -0.15) is 0 Å². The van der Waals surface area contributed by atoms with Crippen LogP contribution in [0.1, 0.15) is 18.5 Å². The highest BCUT2D eigenvalue weighted by atomic mass is 79.9. The minimum absolute atomic E-state index is 0.119. The first kappa shape index (κ1) is 14.5. The second-order valence-electron chi connectivity index (χ2n) is 4.13. The first-order valence-electron chi connectivity index (χ1n) is 5.64. The maximum Gasteiger partial charge on any atom is 0.150 e. The molecule has 0 spiro atoms. The highest BCUT2D eigenvalue weighted by Gasteiger charge is 2.14. The molecule has 2 aromatic carbocycles. The molecule has 1 atom stereocenters. The van der Waals surface area contributed by atoms with Gasteiger partial charge < -0.3 is 5.32 Å². The average molecular weight is 391 g/mol. The van der Waals surface area contributed by atoms with Crippen molar-refractivity contribution in [1.29, 1.82) is 0 Å². The lowest BCUT2D eigenvalue weighted by Crippen LogP contribution is -2.09. The quantitative estimate of drug-likeness (QED) is 0.712. The van der Waals surface area contributed by atoms with Crippen molar-refractivity contribution in [3.8, 4) is 0 Å². The average Bonchev–Trinajstić information content (AvgIpc) is 2.34. The van der Waals surface area contributed by atoms with Gasteiger partial charge in [0.05, 0.1) is 5.69 Å². The van der Waals surface area contributed by atoms with Crippen molar-refractivity contribution in [2.45, 2.75) is 13.0 Å². The fraction of sp³-hybridized carbons (Fsp3) is 0.143. The summed E-state index contributed by atoms with van der Waals surface area (Å²) < 4.78 is 28.1. The minimum atomic E-state index is -0.620. The molecule has 1 nitrogen and oxygen atoms in total. The highest BCUT2D eigenvalue weighted by Crippen LogP contribution is 2.32. The first-order valence-corrected chi connectivity index (χ1v) is 7.23. The van der Waals surface area contributed by atoms with E-state index in [2.05, 4.69) is 37.2 Å².